The van der Waals surface area contributed by atoms with Crippen LogP contribution in [0.1, 0.15) is 48.2 Å². The van der Waals surface area contributed by atoms with Crippen LogP contribution in [-0.4, -0.2) is 33.9 Å². The number of fused-ring (bicyclic) bond motifs is 2. The molecule has 0 saturated heterocycles. The second-order valence-corrected chi connectivity index (χ2v) is 7.93. The monoisotopic (exact) mass is 424 g/mol. The largest absolute Gasteiger partial charge is 0.486 e. The number of carbonyl (C=O) groups is 1. The fourth-order valence-corrected chi connectivity index (χ4v) is 4.22. The Hall–Kier alpha value is -3.29. The molecule has 0 saturated carbocycles. The average Bonchev–Trinajstić information content (AvgIpc) is 3.04. The summed E-state index contributed by atoms with van der Waals surface area (Å²) in [7, 11) is 1.77. The molecule has 164 valence electrons. The van der Waals surface area contributed by atoms with Crippen LogP contribution in [0.15, 0.2) is 23.0 Å². The van der Waals surface area contributed by atoms with E-state index >= 15 is 0 Å². The van der Waals surface area contributed by atoms with Gasteiger partial charge in [0, 0.05) is 19.2 Å². The van der Waals surface area contributed by atoms with Gasteiger partial charge in [-0.05, 0) is 55.5 Å². The lowest BCUT2D eigenvalue weighted by Gasteiger charge is -2.22. The first-order chi connectivity index (χ1) is 14.9. The van der Waals surface area contributed by atoms with Crippen LogP contribution in [0.2, 0.25) is 0 Å². The van der Waals surface area contributed by atoms with E-state index in [0.29, 0.717) is 37.1 Å². The number of carbonyl (C=O) groups excluding carboxylic acids is 1. The van der Waals surface area contributed by atoms with Crippen LogP contribution in [0.25, 0.3) is 11.0 Å². The van der Waals surface area contributed by atoms with Gasteiger partial charge in [-0.25, -0.2) is 4.98 Å². The maximum atomic E-state index is 12.7. The summed E-state index contributed by atoms with van der Waals surface area (Å²) >= 11 is 0. The predicted octanol–water partition coefficient (Wildman–Crippen LogP) is 2.85. The fraction of sp³-hybridized carbons (Fsp3) is 0.435. The number of hydrogen-bond acceptors (Lipinski definition) is 5. The van der Waals surface area contributed by atoms with E-state index in [9.17, 15) is 9.59 Å². The molecule has 1 atom stereocenters. The Balaban J connectivity index is 1.47. The van der Waals surface area contributed by atoms with Gasteiger partial charge in [0.15, 0.2) is 17.1 Å². The molecule has 1 aromatic carbocycles. The van der Waals surface area contributed by atoms with E-state index in [4.69, 9.17) is 9.47 Å². The number of rotatable bonds is 6. The quantitative estimate of drug-likeness (QED) is 0.634. The molecule has 0 bridgehead atoms. The summed E-state index contributed by atoms with van der Waals surface area (Å²) in [6, 6.07) is 5.69. The average molecular weight is 425 g/mol. The van der Waals surface area contributed by atoms with Gasteiger partial charge in [0.25, 0.3) is 5.56 Å². The van der Waals surface area contributed by atoms with Crippen LogP contribution in [0.5, 0.6) is 11.5 Å². The van der Waals surface area contributed by atoms with Gasteiger partial charge in [0.2, 0.25) is 5.91 Å². The summed E-state index contributed by atoms with van der Waals surface area (Å²) in [6.07, 6.45) is 1.61. The smallest absolute Gasteiger partial charge is 0.273 e. The second-order valence-electron chi connectivity index (χ2n) is 7.93. The third-order valence-corrected chi connectivity index (χ3v) is 5.89. The van der Waals surface area contributed by atoms with Crippen molar-refractivity contribution in [2.24, 2.45) is 7.05 Å². The molecule has 0 fully saturated rings. The zero-order valence-electron chi connectivity index (χ0n) is 18.4. The van der Waals surface area contributed by atoms with Crippen molar-refractivity contribution in [1.82, 2.24) is 20.1 Å². The number of amides is 1. The molecule has 1 unspecified atom stereocenters. The lowest BCUT2D eigenvalue weighted by Crippen LogP contribution is -2.28. The number of nitrogens with one attached hydrogen (secondary N) is 2. The Kier molecular flexibility index (Phi) is 5.71. The number of aromatic nitrogens is 3. The maximum Gasteiger partial charge on any atom is 0.273 e. The van der Waals surface area contributed by atoms with Gasteiger partial charge < -0.3 is 14.8 Å². The van der Waals surface area contributed by atoms with Crippen molar-refractivity contribution in [2.75, 3.05) is 13.2 Å². The summed E-state index contributed by atoms with van der Waals surface area (Å²) < 4.78 is 12.9. The number of nitrogens with zero attached hydrogens (tertiary/aromatic N) is 2. The highest BCUT2D eigenvalue weighted by molar-refractivity contribution is 5.81. The van der Waals surface area contributed by atoms with Crippen molar-refractivity contribution in [2.45, 2.75) is 46.1 Å². The minimum absolute atomic E-state index is 0.0393. The lowest BCUT2D eigenvalue weighted by atomic mass is 9.99. The molecule has 3 aromatic rings. The van der Waals surface area contributed by atoms with E-state index in [1.165, 1.54) is 0 Å². The molecule has 3 heterocycles. The van der Waals surface area contributed by atoms with E-state index in [-0.39, 0.29) is 17.5 Å². The molecular formula is C23H28N4O4. The van der Waals surface area contributed by atoms with Gasteiger partial charge in [0.05, 0.1) is 11.4 Å². The SMILES string of the molecule is CCC(NC(=O)CCc1c(C)nc2c(c1C)c(=O)[nH]n2C)c1ccc2c(c1)OCCO2. The highest BCUT2D eigenvalue weighted by Crippen LogP contribution is 2.33. The van der Waals surface area contributed by atoms with Crippen LogP contribution in [-0.2, 0) is 18.3 Å². The molecule has 1 aliphatic rings. The number of aromatic amines is 1. The van der Waals surface area contributed by atoms with Gasteiger partial charge in [-0.1, -0.05) is 13.0 Å². The summed E-state index contributed by atoms with van der Waals surface area (Å²) in [5.41, 5.74) is 4.15. The van der Waals surface area contributed by atoms with Crippen molar-refractivity contribution < 1.29 is 14.3 Å². The number of ether oxygens (including phenoxy) is 2. The topological polar surface area (TPSA) is 98.2 Å². The van der Waals surface area contributed by atoms with E-state index in [2.05, 4.69) is 15.4 Å². The maximum absolute atomic E-state index is 12.7. The zero-order chi connectivity index (χ0) is 22.1. The number of hydrogen-bond donors (Lipinski definition) is 2. The first-order valence-electron chi connectivity index (χ1n) is 10.6. The van der Waals surface area contributed by atoms with Crippen molar-refractivity contribution in [3.63, 3.8) is 0 Å². The Labute approximate surface area is 180 Å². The van der Waals surface area contributed by atoms with Crippen molar-refractivity contribution in [1.29, 1.82) is 0 Å². The Bertz CT molecular complexity index is 1190. The Morgan fingerprint density at radius 2 is 2.00 bits per heavy atom. The van der Waals surface area contributed by atoms with E-state index in [1.54, 1.807) is 11.7 Å². The molecule has 8 heteroatoms. The van der Waals surface area contributed by atoms with Crippen LogP contribution < -0.4 is 20.3 Å². The number of H-pyrrole nitrogens is 1. The first kappa shape index (κ1) is 21.0. The van der Waals surface area contributed by atoms with E-state index in [1.807, 2.05) is 39.0 Å². The molecule has 1 amide bonds. The molecular weight excluding hydrogens is 396 g/mol. The molecule has 2 aromatic heterocycles. The predicted molar refractivity (Wildman–Crippen MR) is 118 cm³/mol. The highest BCUT2D eigenvalue weighted by Gasteiger charge is 2.19. The fourth-order valence-electron chi connectivity index (χ4n) is 4.22. The summed E-state index contributed by atoms with van der Waals surface area (Å²) in [6.45, 7) is 6.95. The summed E-state index contributed by atoms with van der Waals surface area (Å²) in [5.74, 6) is 1.42. The van der Waals surface area contributed by atoms with Gasteiger partial charge in [0.1, 0.15) is 13.2 Å². The number of aryl methyl sites for hydroxylation is 3. The van der Waals surface area contributed by atoms with Gasteiger partial charge in [-0.2, -0.15) is 0 Å². The summed E-state index contributed by atoms with van der Waals surface area (Å²) in [5, 5.41) is 6.46. The molecule has 0 aliphatic carbocycles. The molecule has 0 spiro atoms. The van der Waals surface area contributed by atoms with Gasteiger partial charge in [-0.3, -0.25) is 19.4 Å². The Morgan fingerprint density at radius 3 is 2.74 bits per heavy atom. The van der Waals surface area contributed by atoms with E-state index in [0.717, 1.165) is 40.3 Å². The summed E-state index contributed by atoms with van der Waals surface area (Å²) in [4.78, 5) is 29.6. The van der Waals surface area contributed by atoms with E-state index < -0.39 is 0 Å². The standard InChI is InChI=1S/C23H28N4O4/c1-5-17(15-6-8-18-19(12-15)31-11-10-30-18)25-20(28)9-7-16-13(2)21-22(24-14(16)3)27(4)26-23(21)29/h6,8,12,17H,5,7,9-11H2,1-4H3,(H,25,28)(H,26,29). The van der Waals surface area contributed by atoms with Crippen LogP contribution in [0, 0.1) is 13.8 Å². The van der Waals surface area contributed by atoms with Crippen molar-refractivity contribution in [3.8, 4) is 11.5 Å². The molecule has 2 N–H and O–H groups in total. The normalized spacial score (nSPS) is 13.9. The number of benzene rings is 1. The lowest BCUT2D eigenvalue weighted by molar-refractivity contribution is -0.121. The molecule has 8 nitrogen and oxygen atoms in total. The highest BCUT2D eigenvalue weighted by atomic mass is 16.6. The Morgan fingerprint density at radius 1 is 1.26 bits per heavy atom. The van der Waals surface area contributed by atoms with Gasteiger partial charge >= 0.3 is 0 Å². The third-order valence-electron chi connectivity index (χ3n) is 5.89. The number of pyridine rings is 1. The van der Waals surface area contributed by atoms with Gasteiger partial charge in [-0.15, -0.1) is 0 Å². The second kappa shape index (κ2) is 8.45. The van der Waals surface area contributed by atoms with Crippen LogP contribution in [0.4, 0.5) is 0 Å². The minimum Gasteiger partial charge on any atom is -0.486 e. The third kappa shape index (κ3) is 4.02. The van der Waals surface area contributed by atoms with Crippen molar-refractivity contribution in [3.05, 3.63) is 50.9 Å². The molecule has 1 aliphatic heterocycles. The zero-order valence-corrected chi connectivity index (χ0v) is 18.4. The van der Waals surface area contributed by atoms with Crippen molar-refractivity contribution >= 4 is 16.9 Å². The minimum atomic E-state index is -0.155. The molecule has 0 radical (unpaired) electrons. The molecule has 31 heavy (non-hydrogen) atoms. The molecule has 4 rings (SSSR count). The first-order valence-corrected chi connectivity index (χ1v) is 10.6. The van der Waals surface area contributed by atoms with Crippen LogP contribution >= 0.6 is 0 Å². The van der Waals surface area contributed by atoms with Crippen LogP contribution in [0.3, 0.4) is 0 Å².